The SMILES string of the molecule is COc1ccc(OC)c(CC(=O)N2CC[C@@H](Oc3cccc4cnccc34)[C@H](O)C2)c1. The summed E-state index contributed by atoms with van der Waals surface area (Å²) in [5.41, 5.74) is 0.754. The number of amides is 1. The van der Waals surface area contributed by atoms with Crippen LogP contribution in [0.2, 0.25) is 0 Å². The Labute approximate surface area is 181 Å². The second-order valence-electron chi connectivity index (χ2n) is 7.56. The zero-order valence-corrected chi connectivity index (χ0v) is 17.7. The lowest BCUT2D eigenvalue weighted by molar-refractivity contribution is -0.136. The number of carbonyl (C=O) groups is 1. The Balaban J connectivity index is 1.42. The number of aliphatic hydroxyl groups is 1. The first-order valence-corrected chi connectivity index (χ1v) is 10.2. The van der Waals surface area contributed by atoms with Crippen molar-refractivity contribution in [3.63, 3.8) is 0 Å². The molecule has 0 aliphatic carbocycles. The minimum Gasteiger partial charge on any atom is -0.497 e. The lowest BCUT2D eigenvalue weighted by atomic mass is 10.0. The molecule has 0 saturated carbocycles. The number of methoxy groups -OCH3 is 2. The zero-order valence-electron chi connectivity index (χ0n) is 17.7. The van der Waals surface area contributed by atoms with Gasteiger partial charge in [0.25, 0.3) is 0 Å². The fraction of sp³-hybridized carbons (Fsp3) is 0.333. The van der Waals surface area contributed by atoms with E-state index in [-0.39, 0.29) is 25.0 Å². The third-order valence-corrected chi connectivity index (χ3v) is 5.62. The Kier molecular flexibility index (Phi) is 6.23. The molecule has 1 saturated heterocycles. The number of likely N-dealkylation sites (tertiary alicyclic amines) is 1. The van der Waals surface area contributed by atoms with Gasteiger partial charge in [-0.1, -0.05) is 12.1 Å². The molecule has 162 valence electrons. The number of piperidine rings is 1. The number of hydrogen-bond donors (Lipinski definition) is 1. The van der Waals surface area contributed by atoms with Crippen LogP contribution in [0.4, 0.5) is 0 Å². The molecule has 3 aromatic rings. The van der Waals surface area contributed by atoms with Crippen molar-refractivity contribution < 1.29 is 24.1 Å². The van der Waals surface area contributed by atoms with E-state index in [1.54, 1.807) is 49.7 Å². The molecule has 7 nitrogen and oxygen atoms in total. The van der Waals surface area contributed by atoms with Crippen molar-refractivity contribution in [2.24, 2.45) is 0 Å². The van der Waals surface area contributed by atoms with E-state index < -0.39 is 6.10 Å². The predicted octanol–water partition coefficient (Wildman–Crippen LogP) is 2.84. The Morgan fingerprint density at radius 3 is 2.81 bits per heavy atom. The highest BCUT2D eigenvalue weighted by Gasteiger charge is 2.32. The van der Waals surface area contributed by atoms with Gasteiger partial charge in [-0.25, -0.2) is 0 Å². The third kappa shape index (κ3) is 4.56. The van der Waals surface area contributed by atoms with Gasteiger partial charge in [0.1, 0.15) is 29.5 Å². The van der Waals surface area contributed by atoms with Gasteiger partial charge in [-0.15, -0.1) is 0 Å². The Morgan fingerprint density at radius 1 is 1.16 bits per heavy atom. The summed E-state index contributed by atoms with van der Waals surface area (Å²) in [7, 11) is 3.16. The molecule has 0 unspecified atom stereocenters. The molecule has 2 aromatic carbocycles. The number of hydrogen-bond acceptors (Lipinski definition) is 6. The molecule has 1 fully saturated rings. The van der Waals surface area contributed by atoms with Crippen LogP contribution in [-0.4, -0.2) is 60.4 Å². The number of ether oxygens (including phenoxy) is 3. The summed E-state index contributed by atoms with van der Waals surface area (Å²) < 4.78 is 16.8. The monoisotopic (exact) mass is 422 g/mol. The van der Waals surface area contributed by atoms with Gasteiger partial charge in [0.2, 0.25) is 5.91 Å². The van der Waals surface area contributed by atoms with Crippen LogP contribution in [-0.2, 0) is 11.2 Å². The van der Waals surface area contributed by atoms with Crippen molar-refractivity contribution in [3.05, 3.63) is 60.4 Å². The number of nitrogens with zero attached hydrogens (tertiary/aromatic N) is 2. The molecular weight excluding hydrogens is 396 g/mol. The van der Waals surface area contributed by atoms with E-state index in [1.807, 2.05) is 24.3 Å². The molecule has 4 rings (SSSR count). The highest BCUT2D eigenvalue weighted by Crippen LogP contribution is 2.29. The topological polar surface area (TPSA) is 81.1 Å². The number of aromatic nitrogens is 1. The molecule has 2 atom stereocenters. The van der Waals surface area contributed by atoms with E-state index in [1.165, 1.54) is 0 Å². The molecule has 0 radical (unpaired) electrons. The van der Waals surface area contributed by atoms with Crippen LogP contribution in [0, 0.1) is 0 Å². The van der Waals surface area contributed by atoms with Gasteiger partial charge in [0, 0.05) is 41.7 Å². The maximum absolute atomic E-state index is 12.9. The van der Waals surface area contributed by atoms with Crippen molar-refractivity contribution >= 4 is 16.7 Å². The van der Waals surface area contributed by atoms with Gasteiger partial charge in [-0.3, -0.25) is 9.78 Å². The highest BCUT2D eigenvalue weighted by atomic mass is 16.5. The number of rotatable bonds is 6. The van der Waals surface area contributed by atoms with Gasteiger partial charge in [-0.05, 0) is 30.3 Å². The molecule has 1 N–H and O–H groups in total. The first kappa shape index (κ1) is 20.9. The largest absolute Gasteiger partial charge is 0.497 e. The van der Waals surface area contributed by atoms with Crippen molar-refractivity contribution in [2.75, 3.05) is 27.3 Å². The number of β-amino-alcohol motifs (C(OH)–C–C–N with tert-alkyl or cyclic N) is 1. The van der Waals surface area contributed by atoms with Crippen molar-refractivity contribution in [1.29, 1.82) is 0 Å². The Hall–Kier alpha value is -3.32. The van der Waals surface area contributed by atoms with Gasteiger partial charge >= 0.3 is 0 Å². The molecule has 0 spiro atoms. The summed E-state index contributed by atoms with van der Waals surface area (Å²) in [5.74, 6) is 1.95. The lowest BCUT2D eigenvalue weighted by Crippen LogP contribution is -2.51. The molecule has 7 heteroatoms. The first-order valence-electron chi connectivity index (χ1n) is 10.2. The Morgan fingerprint density at radius 2 is 2.03 bits per heavy atom. The van der Waals surface area contributed by atoms with E-state index in [9.17, 15) is 9.90 Å². The first-order chi connectivity index (χ1) is 15.1. The second-order valence-corrected chi connectivity index (χ2v) is 7.56. The van der Waals surface area contributed by atoms with Gasteiger partial charge in [0.15, 0.2) is 0 Å². The summed E-state index contributed by atoms with van der Waals surface area (Å²) in [6, 6.07) is 13.1. The fourth-order valence-corrected chi connectivity index (χ4v) is 3.93. The van der Waals surface area contributed by atoms with E-state index in [4.69, 9.17) is 14.2 Å². The van der Waals surface area contributed by atoms with E-state index in [0.29, 0.717) is 30.2 Å². The third-order valence-electron chi connectivity index (χ3n) is 5.62. The lowest BCUT2D eigenvalue weighted by Gasteiger charge is -2.36. The summed E-state index contributed by atoms with van der Waals surface area (Å²) in [4.78, 5) is 18.7. The fourth-order valence-electron chi connectivity index (χ4n) is 3.93. The quantitative estimate of drug-likeness (QED) is 0.658. The summed E-state index contributed by atoms with van der Waals surface area (Å²) >= 11 is 0. The van der Waals surface area contributed by atoms with Crippen LogP contribution in [0.25, 0.3) is 10.8 Å². The van der Waals surface area contributed by atoms with Crippen molar-refractivity contribution in [2.45, 2.75) is 25.0 Å². The van der Waals surface area contributed by atoms with E-state index in [0.717, 1.165) is 16.3 Å². The Bertz CT molecular complexity index is 1070. The van der Waals surface area contributed by atoms with Gasteiger partial charge in [-0.2, -0.15) is 0 Å². The number of aliphatic hydroxyl groups excluding tert-OH is 1. The van der Waals surface area contributed by atoms with Gasteiger partial charge < -0.3 is 24.2 Å². The average Bonchev–Trinajstić information content (AvgIpc) is 2.80. The standard InChI is InChI=1S/C24H26N2O5/c1-29-18-6-7-21(30-2)17(12-18)13-24(28)26-11-9-23(20(27)15-26)31-22-5-3-4-16-14-25-10-8-19(16)22/h3-8,10,12,14,20,23,27H,9,11,13,15H2,1-2H3/t20-,23-/m1/s1. The van der Waals surface area contributed by atoms with E-state index >= 15 is 0 Å². The van der Waals surface area contributed by atoms with Crippen molar-refractivity contribution in [1.82, 2.24) is 9.88 Å². The molecular formula is C24H26N2O5. The molecule has 31 heavy (non-hydrogen) atoms. The number of pyridine rings is 1. The molecule has 1 amide bonds. The summed E-state index contributed by atoms with van der Waals surface area (Å²) in [6.45, 7) is 0.737. The minimum atomic E-state index is -0.776. The summed E-state index contributed by atoms with van der Waals surface area (Å²) in [5, 5.41) is 12.6. The number of carbonyl (C=O) groups excluding carboxylic acids is 1. The normalized spacial score (nSPS) is 18.6. The maximum atomic E-state index is 12.9. The molecule has 1 aromatic heterocycles. The van der Waals surface area contributed by atoms with Crippen molar-refractivity contribution in [3.8, 4) is 17.2 Å². The minimum absolute atomic E-state index is 0.0692. The zero-order chi connectivity index (χ0) is 21.8. The second kappa shape index (κ2) is 9.22. The molecule has 0 bridgehead atoms. The predicted molar refractivity (Wildman–Crippen MR) is 117 cm³/mol. The smallest absolute Gasteiger partial charge is 0.227 e. The molecule has 1 aliphatic heterocycles. The molecule has 1 aliphatic rings. The van der Waals surface area contributed by atoms with Crippen LogP contribution >= 0.6 is 0 Å². The average molecular weight is 422 g/mol. The van der Waals surface area contributed by atoms with Crippen LogP contribution in [0.5, 0.6) is 17.2 Å². The number of fused-ring (bicyclic) bond motifs is 1. The van der Waals surface area contributed by atoms with E-state index in [2.05, 4.69) is 4.98 Å². The van der Waals surface area contributed by atoms with Crippen LogP contribution < -0.4 is 14.2 Å². The van der Waals surface area contributed by atoms with Crippen LogP contribution in [0.15, 0.2) is 54.9 Å². The molecule has 2 heterocycles. The highest BCUT2D eigenvalue weighted by molar-refractivity contribution is 5.87. The van der Waals surface area contributed by atoms with Gasteiger partial charge in [0.05, 0.1) is 27.2 Å². The van der Waals surface area contributed by atoms with Crippen LogP contribution in [0.1, 0.15) is 12.0 Å². The summed E-state index contributed by atoms with van der Waals surface area (Å²) in [6.07, 6.45) is 3.07. The van der Waals surface area contributed by atoms with Crippen LogP contribution in [0.3, 0.4) is 0 Å². The number of benzene rings is 2. The maximum Gasteiger partial charge on any atom is 0.227 e.